The normalized spacial score (nSPS) is 16.8. The maximum atomic E-state index is 12.2. The molecule has 1 N–H and O–H groups in total. The largest absolute Gasteiger partial charge is 0.303 e. The summed E-state index contributed by atoms with van der Waals surface area (Å²) in [6, 6.07) is 5.28. The minimum absolute atomic E-state index is 0.367. The summed E-state index contributed by atoms with van der Waals surface area (Å²) in [6.45, 7) is 7.93. The molecule has 0 bridgehead atoms. The van der Waals surface area contributed by atoms with Gasteiger partial charge in [-0.1, -0.05) is 12.5 Å². The molecule has 22 heavy (non-hydrogen) atoms. The molecule has 2 rings (SSSR count). The van der Waals surface area contributed by atoms with Crippen LogP contribution < -0.4 is 4.72 Å². The Balaban J connectivity index is 1.74. The maximum Gasteiger partial charge on any atom is 0.240 e. The van der Waals surface area contributed by atoms with Crippen LogP contribution in [0.15, 0.2) is 23.1 Å². The number of piperidine rings is 1. The van der Waals surface area contributed by atoms with Crippen LogP contribution in [0.4, 0.5) is 0 Å². The minimum atomic E-state index is -3.37. The van der Waals surface area contributed by atoms with Gasteiger partial charge >= 0.3 is 0 Å². The summed E-state index contributed by atoms with van der Waals surface area (Å²) in [5, 5.41) is 0. The van der Waals surface area contributed by atoms with E-state index in [2.05, 4.69) is 9.62 Å². The summed E-state index contributed by atoms with van der Waals surface area (Å²) in [5.41, 5.74) is 2.12. The first kappa shape index (κ1) is 17.4. The van der Waals surface area contributed by atoms with Gasteiger partial charge in [0.2, 0.25) is 10.0 Å². The van der Waals surface area contributed by atoms with Gasteiger partial charge in [-0.25, -0.2) is 13.1 Å². The Labute approximate surface area is 135 Å². The van der Waals surface area contributed by atoms with Crippen molar-refractivity contribution in [3.63, 3.8) is 0 Å². The number of nitrogens with one attached hydrogen (secondary N) is 1. The van der Waals surface area contributed by atoms with Crippen molar-refractivity contribution in [1.29, 1.82) is 0 Å². The SMILES string of the molecule is Cc1ccc(S(=O)(=O)NCCCCN2CCCCC2)cc1C. The van der Waals surface area contributed by atoms with Crippen LogP contribution in [0.25, 0.3) is 0 Å². The lowest BCUT2D eigenvalue weighted by Gasteiger charge is -2.26. The molecule has 1 aliphatic heterocycles. The molecule has 1 heterocycles. The number of rotatable bonds is 7. The average Bonchev–Trinajstić information content (AvgIpc) is 2.50. The number of nitrogens with zero attached hydrogens (tertiary/aromatic N) is 1. The zero-order valence-electron chi connectivity index (χ0n) is 13.8. The third-order valence-electron chi connectivity index (χ3n) is 4.43. The topological polar surface area (TPSA) is 49.4 Å². The molecule has 1 aromatic rings. The van der Waals surface area contributed by atoms with Crippen LogP contribution in [0.5, 0.6) is 0 Å². The monoisotopic (exact) mass is 324 g/mol. The van der Waals surface area contributed by atoms with Crippen LogP contribution in [0.1, 0.15) is 43.2 Å². The van der Waals surface area contributed by atoms with E-state index in [0.29, 0.717) is 11.4 Å². The van der Waals surface area contributed by atoms with Gasteiger partial charge in [-0.3, -0.25) is 0 Å². The predicted molar refractivity (Wildman–Crippen MR) is 90.6 cm³/mol. The van der Waals surface area contributed by atoms with Gasteiger partial charge in [0.15, 0.2) is 0 Å². The zero-order chi connectivity index (χ0) is 16.0. The first-order valence-electron chi connectivity index (χ1n) is 8.28. The Morgan fingerprint density at radius 3 is 2.45 bits per heavy atom. The number of likely N-dealkylation sites (tertiary alicyclic amines) is 1. The quantitative estimate of drug-likeness (QED) is 0.785. The van der Waals surface area contributed by atoms with E-state index in [1.807, 2.05) is 19.9 Å². The lowest BCUT2D eigenvalue weighted by Crippen LogP contribution is -2.31. The first-order chi connectivity index (χ1) is 10.5. The third-order valence-corrected chi connectivity index (χ3v) is 5.89. The van der Waals surface area contributed by atoms with Gasteiger partial charge < -0.3 is 4.90 Å². The molecular weight excluding hydrogens is 296 g/mol. The molecule has 0 amide bonds. The standard InChI is InChI=1S/C17H28N2O2S/c1-15-8-9-17(14-16(15)2)22(20,21)18-10-4-7-13-19-11-5-3-6-12-19/h8-9,14,18H,3-7,10-13H2,1-2H3. The second kappa shape index (κ2) is 8.09. The molecule has 4 nitrogen and oxygen atoms in total. The molecule has 5 heteroatoms. The molecule has 0 atom stereocenters. The Kier molecular flexibility index (Phi) is 6.41. The van der Waals surface area contributed by atoms with Gasteiger partial charge in [0.1, 0.15) is 0 Å². The Morgan fingerprint density at radius 2 is 1.77 bits per heavy atom. The predicted octanol–water partition coefficient (Wildman–Crippen LogP) is 2.85. The molecule has 0 saturated carbocycles. The molecule has 0 radical (unpaired) electrons. The lowest BCUT2D eigenvalue weighted by molar-refractivity contribution is 0.225. The Morgan fingerprint density at radius 1 is 1.05 bits per heavy atom. The molecule has 0 aliphatic carbocycles. The Hall–Kier alpha value is -0.910. The summed E-state index contributed by atoms with van der Waals surface area (Å²) in [7, 11) is -3.37. The first-order valence-corrected chi connectivity index (χ1v) is 9.77. The van der Waals surface area contributed by atoms with Gasteiger partial charge in [0.25, 0.3) is 0 Å². The van der Waals surface area contributed by atoms with E-state index in [1.54, 1.807) is 12.1 Å². The number of sulfonamides is 1. The maximum absolute atomic E-state index is 12.2. The van der Waals surface area contributed by atoms with E-state index in [-0.39, 0.29) is 0 Å². The van der Waals surface area contributed by atoms with Crippen molar-refractivity contribution in [3.8, 4) is 0 Å². The summed E-state index contributed by atoms with van der Waals surface area (Å²) in [5.74, 6) is 0. The van der Waals surface area contributed by atoms with Crippen molar-refractivity contribution in [2.24, 2.45) is 0 Å². The fourth-order valence-electron chi connectivity index (χ4n) is 2.81. The van der Waals surface area contributed by atoms with Crippen LogP contribution in [-0.4, -0.2) is 39.5 Å². The number of aryl methyl sites for hydroxylation is 2. The highest BCUT2D eigenvalue weighted by atomic mass is 32.2. The van der Waals surface area contributed by atoms with E-state index in [9.17, 15) is 8.42 Å². The van der Waals surface area contributed by atoms with Crippen molar-refractivity contribution in [2.75, 3.05) is 26.2 Å². The highest BCUT2D eigenvalue weighted by Crippen LogP contribution is 2.14. The summed E-state index contributed by atoms with van der Waals surface area (Å²) < 4.78 is 27.2. The van der Waals surface area contributed by atoms with Crippen LogP contribution in [-0.2, 0) is 10.0 Å². The molecular formula is C17H28N2O2S. The molecule has 1 saturated heterocycles. The van der Waals surface area contributed by atoms with Gasteiger partial charge in [0.05, 0.1) is 4.90 Å². The smallest absolute Gasteiger partial charge is 0.240 e. The highest BCUT2D eigenvalue weighted by molar-refractivity contribution is 7.89. The van der Waals surface area contributed by atoms with Crippen molar-refractivity contribution < 1.29 is 8.42 Å². The third kappa shape index (κ3) is 5.07. The van der Waals surface area contributed by atoms with Gasteiger partial charge in [-0.15, -0.1) is 0 Å². The van der Waals surface area contributed by atoms with E-state index >= 15 is 0 Å². The van der Waals surface area contributed by atoms with Crippen molar-refractivity contribution in [2.45, 2.75) is 50.8 Å². The number of hydrogen-bond acceptors (Lipinski definition) is 3. The second-order valence-electron chi connectivity index (χ2n) is 6.25. The number of hydrogen-bond donors (Lipinski definition) is 1. The summed E-state index contributed by atoms with van der Waals surface area (Å²) >= 11 is 0. The van der Waals surface area contributed by atoms with Crippen molar-refractivity contribution in [3.05, 3.63) is 29.3 Å². The lowest BCUT2D eigenvalue weighted by atomic mass is 10.1. The molecule has 0 unspecified atom stereocenters. The molecule has 1 aromatic carbocycles. The minimum Gasteiger partial charge on any atom is -0.303 e. The average molecular weight is 324 g/mol. The van der Waals surface area contributed by atoms with Gasteiger partial charge in [-0.05, 0) is 82.4 Å². The van der Waals surface area contributed by atoms with Crippen LogP contribution >= 0.6 is 0 Å². The molecule has 0 aromatic heterocycles. The summed E-state index contributed by atoms with van der Waals surface area (Å²) in [6.07, 6.45) is 5.90. The van der Waals surface area contributed by atoms with Crippen molar-refractivity contribution >= 4 is 10.0 Å². The fourth-order valence-corrected chi connectivity index (χ4v) is 3.97. The van der Waals surface area contributed by atoms with Gasteiger partial charge in [-0.2, -0.15) is 0 Å². The fraction of sp³-hybridized carbons (Fsp3) is 0.647. The zero-order valence-corrected chi connectivity index (χ0v) is 14.6. The Bertz CT molecular complexity index is 578. The van der Waals surface area contributed by atoms with E-state index in [0.717, 1.165) is 30.5 Å². The van der Waals surface area contributed by atoms with E-state index in [1.165, 1.54) is 32.4 Å². The summed E-state index contributed by atoms with van der Waals surface area (Å²) in [4.78, 5) is 2.85. The van der Waals surface area contributed by atoms with Crippen LogP contribution in [0.3, 0.4) is 0 Å². The van der Waals surface area contributed by atoms with Gasteiger partial charge in [0, 0.05) is 6.54 Å². The van der Waals surface area contributed by atoms with Crippen molar-refractivity contribution in [1.82, 2.24) is 9.62 Å². The highest BCUT2D eigenvalue weighted by Gasteiger charge is 2.14. The molecule has 124 valence electrons. The van der Waals surface area contributed by atoms with E-state index < -0.39 is 10.0 Å². The van der Waals surface area contributed by atoms with Crippen LogP contribution in [0, 0.1) is 13.8 Å². The van der Waals surface area contributed by atoms with Crippen LogP contribution in [0.2, 0.25) is 0 Å². The molecule has 1 aliphatic rings. The molecule has 1 fully saturated rings. The van der Waals surface area contributed by atoms with E-state index in [4.69, 9.17) is 0 Å². The second-order valence-corrected chi connectivity index (χ2v) is 8.02. The molecule has 0 spiro atoms. The number of unbranched alkanes of at least 4 members (excludes halogenated alkanes) is 1. The number of benzene rings is 1.